The Balaban J connectivity index is 2.01. The summed E-state index contributed by atoms with van der Waals surface area (Å²) in [4.78, 5) is 8.07. The van der Waals surface area contributed by atoms with Gasteiger partial charge in [-0.25, -0.2) is 4.98 Å². The SMILES string of the molecule is CC(C)(C)NCc1nc2c([nH]1)CCCC2. The number of aromatic nitrogens is 2. The van der Waals surface area contributed by atoms with Gasteiger partial charge in [0.1, 0.15) is 5.82 Å². The van der Waals surface area contributed by atoms with Crippen molar-refractivity contribution in [2.24, 2.45) is 0 Å². The summed E-state index contributed by atoms with van der Waals surface area (Å²) >= 11 is 0. The molecule has 0 saturated carbocycles. The zero-order valence-electron chi connectivity index (χ0n) is 9.98. The molecule has 1 aliphatic rings. The number of nitrogens with zero attached hydrogens (tertiary/aromatic N) is 1. The first kappa shape index (κ1) is 10.7. The van der Waals surface area contributed by atoms with E-state index in [2.05, 4.69) is 36.1 Å². The van der Waals surface area contributed by atoms with Crippen molar-refractivity contribution < 1.29 is 0 Å². The summed E-state index contributed by atoms with van der Waals surface area (Å²) in [6, 6.07) is 0. The van der Waals surface area contributed by atoms with Crippen LogP contribution in [0, 0.1) is 0 Å². The monoisotopic (exact) mass is 207 g/mol. The van der Waals surface area contributed by atoms with E-state index in [0.29, 0.717) is 0 Å². The van der Waals surface area contributed by atoms with Gasteiger partial charge in [0.05, 0.1) is 12.2 Å². The Morgan fingerprint density at radius 2 is 2.00 bits per heavy atom. The predicted molar refractivity (Wildman–Crippen MR) is 61.8 cm³/mol. The molecule has 0 atom stereocenters. The van der Waals surface area contributed by atoms with Gasteiger partial charge in [-0.2, -0.15) is 0 Å². The molecule has 0 spiro atoms. The van der Waals surface area contributed by atoms with Crippen LogP contribution >= 0.6 is 0 Å². The van der Waals surface area contributed by atoms with E-state index >= 15 is 0 Å². The minimum Gasteiger partial charge on any atom is -0.345 e. The number of hydrogen-bond donors (Lipinski definition) is 2. The minimum atomic E-state index is 0.160. The van der Waals surface area contributed by atoms with Gasteiger partial charge in [-0.05, 0) is 46.5 Å². The Bertz CT molecular complexity index is 310. The summed E-state index contributed by atoms with van der Waals surface area (Å²) in [5.74, 6) is 1.09. The van der Waals surface area contributed by atoms with E-state index in [9.17, 15) is 0 Å². The summed E-state index contributed by atoms with van der Waals surface area (Å²) in [6.07, 6.45) is 4.94. The average Bonchev–Trinajstić information content (AvgIpc) is 2.56. The topological polar surface area (TPSA) is 40.7 Å². The van der Waals surface area contributed by atoms with Gasteiger partial charge in [-0.15, -0.1) is 0 Å². The van der Waals surface area contributed by atoms with E-state index in [0.717, 1.165) is 18.8 Å². The Labute approximate surface area is 91.7 Å². The van der Waals surface area contributed by atoms with Crippen LogP contribution in [-0.2, 0) is 19.4 Å². The number of fused-ring (bicyclic) bond motifs is 1. The molecule has 0 radical (unpaired) electrons. The van der Waals surface area contributed by atoms with Crippen molar-refractivity contribution in [3.05, 3.63) is 17.2 Å². The van der Waals surface area contributed by atoms with Gasteiger partial charge in [0.2, 0.25) is 0 Å². The summed E-state index contributed by atoms with van der Waals surface area (Å²) in [5, 5.41) is 3.45. The van der Waals surface area contributed by atoms with Crippen molar-refractivity contribution >= 4 is 0 Å². The summed E-state index contributed by atoms with van der Waals surface area (Å²) in [7, 11) is 0. The van der Waals surface area contributed by atoms with Crippen LogP contribution in [0.1, 0.15) is 50.8 Å². The van der Waals surface area contributed by atoms with E-state index in [-0.39, 0.29) is 5.54 Å². The molecule has 1 aromatic heterocycles. The number of H-pyrrole nitrogens is 1. The normalized spacial score (nSPS) is 16.5. The summed E-state index contributed by atoms with van der Waals surface area (Å²) < 4.78 is 0. The predicted octanol–water partition coefficient (Wildman–Crippen LogP) is 2.18. The Morgan fingerprint density at radius 1 is 1.27 bits per heavy atom. The molecule has 3 heteroatoms. The van der Waals surface area contributed by atoms with Crippen LogP contribution in [0.2, 0.25) is 0 Å². The van der Waals surface area contributed by atoms with Crippen LogP contribution in [0.4, 0.5) is 0 Å². The molecule has 1 aliphatic carbocycles. The molecule has 0 amide bonds. The van der Waals surface area contributed by atoms with Crippen LogP contribution in [0.15, 0.2) is 0 Å². The van der Waals surface area contributed by atoms with Crippen molar-refractivity contribution in [3.63, 3.8) is 0 Å². The molecule has 1 aromatic rings. The lowest BCUT2D eigenvalue weighted by molar-refractivity contribution is 0.418. The molecule has 2 N–H and O–H groups in total. The largest absolute Gasteiger partial charge is 0.345 e. The maximum absolute atomic E-state index is 4.64. The van der Waals surface area contributed by atoms with E-state index in [1.807, 2.05) is 0 Å². The number of aromatic amines is 1. The first-order valence-electron chi connectivity index (χ1n) is 5.86. The molecule has 2 rings (SSSR count). The second-order valence-corrected chi connectivity index (χ2v) is 5.42. The summed E-state index contributed by atoms with van der Waals surface area (Å²) in [6.45, 7) is 7.37. The fourth-order valence-corrected chi connectivity index (χ4v) is 1.95. The van der Waals surface area contributed by atoms with Crippen LogP contribution in [0.3, 0.4) is 0 Å². The average molecular weight is 207 g/mol. The molecule has 0 unspecified atom stereocenters. The van der Waals surface area contributed by atoms with Crippen molar-refractivity contribution in [2.75, 3.05) is 0 Å². The summed E-state index contributed by atoms with van der Waals surface area (Å²) in [5.41, 5.74) is 2.83. The van der Waals surface area contributed by atoms with Gasteiger partial charge in [-0.3, -0.25) is 0 Å². The van der Waals surface area contributed by atoms with Gasteiger partial charge in [0.15, 0.2) is 0 Å². The third kappa shape index (κ3) is 2.81. The minimum absolute atomic E-state index is 0.160. The second kappa shape index (κ2) is 3.97. The van der Waals surface area contributed by atoms with Crippen molar-refractivity contribution in [3.8, 4) is 0 Å². The molecule has 1 heterocycles. The standard InChI is InChI=1S/C12H21N3/c1-12(2,3)13-8-11-14-9-6-4-5-7-10(9)15-11/h13H,4-8H2,1-3H3,(H,14,15). The van der Waals surface area contributed by atoms with E-state index < -0.39 is 0 Å². The fraction of sp³-hybridized carbons (Fsp3) is 0.750. The fourth-order valence-electron chi connectivity index (χ4n) is 1.95. The number of nitrogens with one attached hydrogen (secondary N) is 2. The van der Waals surface area contributed by atoms with Crippen molar-refractivity contribution in [1.29, 1.82) is 0 Å². The number of rotatable bonds is 2. The molecule has 15 heavy (non-hydrogen) atoms. The molecule has 84 valence electrons. The smallest absolute Gasteiger partial charge is 0.120 e. The Kier molecular flexibility index (Phi) is 2.83. The highest BCUT2D eigenvalue weighted by molar-refractivity contribution is 5.17. The van der Waals surface area contributed by atoms with Gasteiger partial charge in [-0.1, -0.05) is 0 Å². The van der Waals surface area contributed by atoms with Crippen LogP contribution < -0.4 is 5.32 Å². The third-order valence-corrected chi connectivity index (χ3v) is 2.79. The lowest BCUT2D eigenvalue weighted by Crippen LogP contribution is -2.35. The van der Waals surface area contributed by atoms with Crippen LogP contribution in [0.25, 0.3) is 0 Å². The molecule has 0 aliphatic heterocycles. The van der Waals surface area contributed by atoms with Gasteiger partial charge < -0.3 is 10.3 Å². The van der Waals surface area contributed by atoms with E-state index in [4.69, 9.17) is 0 Å². The maximum atomic E-state index is 4.64. The zero-order chi connectivity index (χ0) is 10.9. The Hall–Kier alpha value is -0.830. The second-order valence-electron chi connectivity index (χ2n) is 5.42. The lowest BCUT2D eigenvalue weighted by Gasteiger charge is -2.19. The number of imidazole rings is 1. The van der Waals surface area contributed by atoms with Crippen molar-refractivity contribution in [2.45, 2.75) is 58.5 Å². The van der Waals surface area contributed by atoms with Crippen LogP contribution in [-0.4, -0.2) is 15.5 Å². The Morgan fingerprint density at radius 3 is 2.67 bits per heavy atom. The zero-order valence-corrected chi connectivity index (χ0v) is 9.98. The van der Waals surface area contributed by atoms with Gasteiger partial charge in [0, 0.05) is 11.2 Å². The highest BCUT2D eigenvalue weighted by Crippen LogP contribution is 2.18. The molecular weight excluding hydrogens is 186 g/mol. The lowest BCUT2D eigenvalue weighted by atomic mass is 10.0. The van der Waals surface area contributed by atoms with Crippen LogP contribution in [0.5, 0.6) is 0 Å². The highest BCUT2D eigenvalue weighted by Gasteiger charge is 2.15. The van der Waals surface area contributed by atoms with Crippen molar-refractivity contribution in [1.82, 2.24) is 15.3 Å². The van der Waals surface area contributed by atoms with Gasteiger partial charge >= 0.3 is 0 Å². The first-order valence-corrected chi connectivity index (χ1v) is 5.86. The molecule has 0 aromatic carbocycles. The number of hydrogen-bond acceptors (Lipinski definition) is 2. The maximum Gasteiger partial charge on any atom is 0.120 e. The first-order chi connectivity index (χ1) is 7.04. The molecule has 0 bridgehead atoms. The highest BCUT2D eigenvalue weighted by atomic mass is 15.0. The van der Waals surface area contributed by atoms with E-state index in [1.54, 1.807) is 0 Å². The number of aryl methyl sites for hydroxylation is 2. The third-order valence-electron chi connectivity index (χ3n) is 2.79. The van der Waals surface area contributed by atoms with Gasteiger partial charge in [0.25, 0.3) is 0 Å². The molecule has 3 nitrogen and oxygen atoms in total. The van der Waals surface area contributed by atoms with E-state index in [1.165, 1.54) is 30.7 Å². The molecular formula is C12H21N3. The quantitative estimate of drug-likeness (QED) is 0.780. The molecule has 0 saturated heterocycles. The molecule has 0 fully saturated rings.